The number of nitrogens with one attached hydrogen (secondary N) is 1. The van der Waals surface area contributed by atoms with E-state index in [0.29, 0.717) is 6.54 Å². The Hall–Kier alpha value is -0.940. The van der Waals surface area contributed by atoms with Gasteiger partial charge in [-0.25, -0.2) is 0 Å². The van der Waals surface area contributed by atoms with Gasteiger partial charge in [-0.1, -0.05) is 6.92 Å². The van der Waals surface area contributed by atoms with Gasteiger partial charge in [-0.3, -0.25) is 14.5 Å². The molecule has 1 N–H and O–H groups in total. The Labute approximate surface area is 83.4 Å². The van der Waals surface area contributed by atoms with Gasteiger partial charge in [0.2, 0.25) is 0 Å². The van der Waals surface area contributed by atoms with Crippen molar-refractivity contribution in [2.45, 2.75) is 13.3 Å². The molecule has 0 spiro atoms. The van der Waals surface area contributed by atoms with Crippen LogP contribution in [0.2, 0.25) is 0 Å². The lowest BCUT2D eigenvalue weighted by Gasteiger charge is -2.24. The normalized spacial score (nSPS) is 17.6. The number of nitrogens with zero attached hydrogens (tertiary/aromatic N) is 1. The molecule has 1 aliphatic rings. The summed E-state index contributed by atoms with van der Waals surface area (Å²) in [6, 6.07) is 0. The molecule has 1 fully saturated rings. The summed E-state index contributed by atoms with van der Waals surface area (Å²) in [6.45, 7) is 4.32. The predicted octanol–water partition coefficient (Wildman–Crippen LogP) is -0.629. The van der Waals surface area contributed by atoms with E-state index < -0.39 is 0 Å². The molecule has 0 radical (unpaired) electrons. The molecule has 14 heavy (non-hydrogen) atoms. The van der Waals surface area contributed by atoms with Gasteiger partial charge in [0.15, 0.2) is 0 Å². The third-order valence-electron chi connectivity index (χ3n) is 2.04. The number of carbonyl (C=O) groups is 2. The van der Waals surface area contributed by atoms with E-state index >= 15 is 0 Å². The quantitative estimate of drug-likeness (QED) is 0.474. The fourth-order valence-corrected chi connectivity index (χ4v) is 1.31. The summed E-state index contributed by atoms with van der Waals surface area (Å²) in [4.78, 5) is 23.7. The highest BCUT2D eigenvalue weighted by molar-refractivity contribution is 5.98. The zero-order valence-corrected chi connectivity index (χ0v) is 8.41. The molecule has 1 rings (SSSR count). The Balaban J connectivity index is 2.26. The van der Waals surface area contributed by atoms with Crippen LogP contribution in [0, 0.1) is 0 Å². The van der Waals surface area contributed by atoms with Crippen molar-refractivity contribution in [3.8, 4) is 0 Å². The summed E-state index contributed by atoms with van der Waals surface area (Å²) in [5.74, 6) is -0.449. The highest BCUT2D eigenvalue weighted by atomic mass is 16.5. The number of carbonyl (C=O) groups excluding carboxylic acids is 2. The van der Waals surface area contributed by atoms with Crippen LogP contribution in [-0.2, 0) is 14.3 Å². The monoisotopic (exact) mass is 200 g/mol. The molecule has 5 heteroatoms. The topological polar surface area (TPSA) is 58.6 Å². The lowest BCUT2D eigenvalue weighted by Crippen LogP contribution is -2.46. The van der Waals surface area contributed by atoms with E-state index in [0.717, 1.165) is 19.5 Å². The van der Waals surface area contributed by atoms with Gasteiger partial charge in [0, 0.05) is 6.54 Å². The van der Waals surface area contributed by atoms with Crippen LogP contribution in [0.1, 0.15) is 13.3 Å². The maximum absolute atomic E-state index is 11.2. The highest BCUT2D eigenvalue weighted by Gasteiger charge is 2.25. The predicted molar refractivity (Wildman–Crippen MR) is 50.7 cm³/mol. The minimum Gasteiger partial charge on any atom is -0.362 e. The highest BCUT2D eigenvalue weighted by Crippen LogP contribution is 2.01. The molecule has 0 aromatic rings. The molecule has 80 valence electrons. The first-order valence-electron chi connectivity index (χ1n) is 4.87. The molecule has 5 nitrogen and oxygen atoms in total. The van der Waals surface area contributed by atoms with Crippen molar-refractivity contribution in [1.82, 2.24) is 10.2 Å². The molecular formula is C9H16N2O3. The number of hydrogen-bond acceptors (Lipinski definition) is 4. The Morgan fingerprint density at radius 3 is 2.57 bits per heavy atom. The molecule has 1 aliphatic heterocycles. The van der Waals surface area contributed by atoms with Crippen molar-refractivity contribution in [2.75, 3.05) is 32.8 Å². The summed E-state index contributed by atoms with van der Waals surface area (Å²) in [7, 11) is 0. The van der Waals surface area contributed by atoms with Gasteiger partial charge in [0.05, 0.1) is 0 Å². The third kappa shape index (κ3) is 3.08. The number of hydrogen-bond donors (Lipinski definition) is 1. The van der Waals surface area contributed by atoms with Crippen molar-refractivity contribution in [3.63, 3.8) is 0 Å². The first kappa shape index (κ1) is 11.1. The van der Waals surface area contributed by atoms with E-state index in [1.54, 1.807) is 0 Å². The third-order valence-corrected chi connectivity index (χ3v) is 2.04. The lowest BCUT2D eigenvalue weighted by molar-refractivity contribution is -0.158. The second kappa shape index (κ2) is 5.72. The Kier molecular flexibility index (Phi) is 4.55. The van der Waals surface area contributed by atoms with Gasteiger partial charge in [0.1, 0.15) is 13.2 Å². The first-order chi connectivity index (χ1) is 6.75. The van der Waals surface area contributed by atoms with Crippen LogP contribution in [0.25, 0.3) is 0 Å². The molecule has 0 atom stereocenters. The van der Waals surface area contributed by atoms with Gasteiger partial charge in [-0.2, -0.15) is 0 Å². The largest absolute Gasteiger partial charge is 0.362 e. The van der Waals surface area contributed by atoms with Gasteiger partial charge in [-0.05, 0) is 19.5 Å². The fraction of sp³-hybridized carbons (Fsp3) is 0.778. The van der Waals surface area contributed by atoms with E-state index in [1.165, 1.54) is 4.90 Å². The summed E-state index contributed by atoms with van der Waals surface area (Å²) >= 11 is 0. The Bertz CT molecular complexity index is 202. The average molecular weight is 200 g/mol. The van der Waals surface area contributed by atoms with Crippen molar-refractivity contribution >= 4 is 11.8 Å². The molecule has 2 amide bonds. The second-order valence-electron chi connectivity index (χ2n) is 3.14. The van der Waals surface area contributed by atoms with Gasteiger partial charge in [-0.15, -0.1) is 0 Å². The number of amides is 2. The van der Waals surface area contributed by atoms with E-state index in [2.05, 4.69) is 5.32 Å². The van der Waals surface area contributed by atoms with E-state index in [4.69, 9.17) is 4.74 Å². The number of imide groups is 1. The van der Waals surface area contributed by atoms with Gasteiger partial charge < -0.3 is 10.1 Å². The minimum absolute atomic E-state index is 0.0347. The average Bonchev–Trinajstić information content (AvgIpc) is 2.16. The molecule has 0 aliphatic carbocycles. The first-order valence-corrected chi connectivity index (χ1v) is 4.87. The SMILES string of the molecule is CCNCCCN1C(=O)COCC1=O. The molecular weight excluding hydrogens is 184 g/mol. The molecule has 0 aromatic carbocycles. The summed E-state index contributed by atoms with van der Waals surface area (Å²) in [6.07, 6.45) is 0.797. The van der Waals surface area contributed by atoms with E-state index in [9.17, 15) is 9.59 Å². The standard InChI is InChI=1S/C9H16N2O3/c1-2-10-4-3-5-11-8(12)6-14-7-9(11)13/h10H,2-7H2,1H3. The van der Waals surface area contributed by atoms with Crippen LogP contribution in [0.5, 0.6) is 0 Å². The van der Waals surface area contributed by atoms with Crippen LogP contribution < -0.4 is 5.32 Å². The maximum Gasteiger partial charge on any atom is 0.255 e. The van der Waals surface area contributed by atoms with Crippen LogP contribution in [0.3, 0.4) is 0 Å². The Morgan fingerprint density at radius 2 is 2.00 bits per heavy atom. The van der Waals surface area contributed by atoms with Gasteiger partial charge >= 0.3 is 0 Å². The van der Waals surface area contributed by atoms with Crippen molar-refractivity contribution in [3.05, 3.63) is 0 Å². The van der Waals surface area contributed by atoms with E-state index in [1.807, 2.05) is 6.92 Å². The summed E-state index contributed by atoms with van der Waals surface area (Å²) in [5.41, 5.74) is 0. The van der Waals surface area contributed by atoms with Crippen molar-refractivity contribution in [1.29, 1.82) is 0 Å². The minimum atomic E-state index is -0.224. The molecule has 0 unspecified atom stereocenters. The smallest absolute Gasteiger partial charge is 0.255 e. The molecule has 0 saturated carbocycles. The molecule has 0 aromatic heterocycles. The summed E-state index contributed by atoms with van der Waals surface area (Å²) in [5, 5.41) is 3.14. The van der Waals surface area contributed by atoms with E-state index in [-0.39, 0.29) is 25.0 Å². The molecule has 1 heterocycles. The molecule has 0 bridgehead atoms. The maximum atomic E-state index is 11.2. The van der Waals surface area contributed by atoms with Crippen LogP contribution >= 0.6 is 0 Å². The van der Waals surface area contributed by atoms with Crippen molar-refractivity contribution < 1.29 is 14.3 Å². The van der Waals surface area contributed by atoms with Gasteiger partial charge in [0.25, 0.3) is 11.8 Å². The van der Waals surface area contributed by atoms with Crippen LogP contribution in [0.4, 0.5) is 0 Å². The Morgan fingerprint density at radius 1 is 1.36 bits per heavy atom. The van der Waals surface area contributed by atoms with Crippen LogP contribution in [0.15, 0.2) is 0 Å². The number of morpholine rings is 1. The number of ether oxygens (including phenoxy) is 1. The second-order valence-corrected chi connectivity index (χ2v) is 3.14. The molecule has 1 saturated heterocycles. The fourth-order valence-electron chi connectivity index (χ4n) is 1.31. The number of rotatable bonds is 5. The zero-order valence-electron chi connectivity index (χ0n) is 8.41. The van der Waals surface area contributed by atoms with Crippen molar-refractivity contribution in [2.24, 2.45) is 0 Å². The van der Waals surface area contributed by atoms with Crippen LogP contribution in [-0.4, -0.2) is 49.6 Å². The zero-order chi connectivity index (χ0) is 10.4. The summed E-state index contributed by atoms with van der Waals surface area (Å²) < 4.78 is 4.80. The lowest BCUT2D eigenvalue weighted by atomic mass is 10.3.